The van der Waals surface area contributed by atoms with E-state index < -0.39 is 15.5 Å². The van der Waals surface area contributed by atoms with Crippen molar-refractivity contribution in [1.82, 2.24) is 19.9 Å². The molecule has 2 aromatic heterocycles. The number of carbonyl (C=O) groups is 1. The Bertz CT molecular complexity index is 1700. The molecule has 39 heavy (non-hydrogen) atoms. The average Bonchev–Trinajstić information content (AvgIpc) is 3.56. The number of amides is 1. The molecule has 1 saturated carbocycles. The predicted molar refractivity (Wildman–Crippen MR) is 154 cm³/mol. The summed E-state index contributed by atoms with van der Waals surface area (Å²) in [6.45, 7) is 3.61. The number of nitrogen functional groups attached to an aromatic ring is 1. The van der Waals surface area contributed by atoms with Crippen LogP contribution in [0.1, 0.15) is 31.2 Å². The third kappa shape index (κ3) is 5.16. The van der Waals surface area contributed by atoms with Crippen LogP contribution < -0.4 is 11.1 Å². The highest BCUT2D eigenvalue weighted by molar-refractivity contribution is 7.93. The van der Waals surface area contributed by atoms with Crippen LogP contribution in [-0.2, 0) is 28.1 Å². The monoisotopic (exact) mass is 546 g/mol. The van der Waals surface area contributed by atoms with Crippen molar-refractivity contribution >= 4 is 38.2 Å². The number of aryl methyl sites for hydroxylation is 1. The lowest BCUT2D eigenvalue weighted by Gasteiger charge is -2.13. The molecule has 2 heterocycles. The molecule has 1 fully saturated rings. The van der Waals surface area contributed by atoms with Crippen molar-refractivity contribution in [2.75, 3.05) is 12.0 Å². The summed E-state index contributed by atoms with van der Waals surface area (Å²) >= 11 is 0. The first-order valence-corrected chi connectivity index (χ1v) is 14.8. The summed E-state index contributed by atoms with van der Waals surface area (Å²) in [6.07, 6.45) is 8.38. The highest BCUT2D eigenvalue weighted by atomic mass is 32.2. The fourth-order valence-electron chi connectivity index (χ4n) is 5.29. The Hall–Kier alpha value is -4.05. The van der Waals surface area contributed by atoms with E-state index in [4.69, 9.17) is 5.73 Å². The van der Waals surface area contributed by atoms with E-state index in [0.29, 0.717) is 39.1 Å². The van der Waals surface area contributed by atoms with Crippen LogP contribution in [0.5, 0.6) is 0 Å². The number of anilines is 1. The van der Waals surface area contributed by atoms with Crippen LogP contribution in [0.3, 0.4) is 0 Å². The first-order valence-electron chi connectivity index (χ1n) is 12.8. The number of fused-ring (bicyclic) bond motifs is 1. The maximum atomic E-state index is 15.6. The van der Waals surface area contributed by atoms with Crippen LogP contribution in [0.15, 0.2) is 65.8 Å². The van der Waals surface area contributed by atoms with Crippen molar-refractivity contribution in [3.8, 4) is 22.4 Å². The predicted octanol–water partition coefficient (Wildman–Crippen LogP) is 5.50. The van der Waals surface area contributed by atoms with Gasteiger partial charge < -0.3 is 15.6 Å². The van der Waals surface area contributed by atoms with Crippen LogP contribution in [0.2, 0.25) is 0 Å². The Morgan fingerprint density at radius 2 is 1.95 bits per heavy atom. The van der Waals surface area contributed by atoms with E-state index in [1.54, 1.807) is 23.0 Å². The minimum Gasteiger partial charge on any atom is -0.383 e. The maximum absolute atomic E-state index is 15.6. The largest absolute Gasteiger partial charge is 0.383 e. The Morgan fingerprint density at radius 3 is 2.62 bits per heavy atom. The number of halogens is 1. The maximum Gasteiger partial charge on any atom is 0.243 e. The van der Waals surface area contributed by atoms with Crippen LogP contribution in [0, 0.1) is 5.82 Å². The van der Waals surface area contributed by atoms with Crippen molar-refractivity contribution in [2.45, 2.75) is 37.5 Å². The standard InChI is InChI=1S/C29H31FN6O2S/c1-4-24(37)32-16-18-9-14-22(23(30)15-18)27-25(26-28(31)33-17-34-29(26)36(27)2)19-10-12-20(13-11-19)35-39(3,38)21-7-5-6-8-21/h4,9-15,17,21H,1,5-8,16H2,2-3H3,(H,32,37)(H2,31,33,34). The molecule has 1 unspecified atom stereocenters. The lowest BCUT2D eigenvalue weighted by Crippen LogP contribution is -2.20. The Labute approximate surface area is 227 Å². The number of nitrogens with two attached hydrogens (primary N) is 1. The number of carbonyl (C=O) groups excluding carboxylic acids is 1. The topological polar surface area (TPSA) is 115 Å². The number of hydrogen-bond donors (Lipinski definition) is 2. The Kier molecular flexibility index (Phi) is 7.22. The Balaban J connectivity index is 1.61. The average molecular weight is 547 g/mol. The zero-order chi connectivity index (χ0) is 27.7. The molecule has 0 radical (unpaired) electrons. The van der Waals surface area contributed by atoms with Crippen molar-refractivity contribution < 1.29 is 13.4 Å². The normalized spacial score (nSPS) is 15.3. The van der Waals surface area contributed by atoms with Gasteiger partial charge in [-0.1, -0.05) is 37.6 Å². The van der Waals surface area contributed by atoms with Gasteiger partial charge in [-0.15, -0.1) is 0 Å². The molecule has 1 atom stereocenters. The molecular formula is C29H31FN6O2S. The van der Waals surface area contributed by atoms with Gasteiger partial charge in [0.2, 0.25) is 5.91 Å². The molecule has 1 amide bonds. The molecule has 4 aromatic rings. The molecule has 5 rings (SSSR count). The second-order valence-corrected chi connectivity index (χ2v) is 12.5. The van der Waals surface area contributed by atoms with E-state index >= 15 is 4.39 Å². The number of rotatable bonds is 7. The number of benzene rings is 2. The molecule has 2 aromatic carbocycles. The molecule has 1 aliphatic carbocycles. The van der Waals surface area contributed by atoms with Crippen LogP contribution in [-0.4, -0.2) is 36.2 Å². The van der Waals surface area contributed by atoms with E-state index in [9.17, 15) is 9.00 Å². The highest BCUT2D eigenvalue weighted by Crippen LogP contribution is 2.43. The third-order valence-corrected chi connectivity index (χ3v) is 9.58. The van der Waals surface area contributed by atoms with Crippen molar-refractivity contribution in [2.24, 2.45) is 11.4 Å². The van der Waals surface area contributed by atoms with Gasteiger partial charge in [0, 0.05) is 36.2 Å². The van der Waals surface area contributed by atoms with Gasteiger partial charge in [-0.25, -0.2) is 18.6 Å². The van der Waals surface area contributed by atoms with Crippen LogP contribution >= 0.6 is 0 Å². The van der Waals surface area contributed by atoms with E-state index in [0.717, 1.165) is 31.2 Å². The van der Waals surface area contributed by atoms with Gasteiger partial charge in [0.05, 0.1) is 26.5 Å². The van der Waals surface area contributed by atoms with E-state index in [1.165, 1.54) is 18.5 Å². The zero-order valence-electron chi connectivity index (χ0n) is 22.0. The molecule has 0 saturated heterocycles. The molecule has 1 aliphatic rings. The van der Waals surface area contributed by atoms with Crippen molar-refractivity contribution in [1.29, 1.82) is 0 Å². The second kappa shape index (κ2) is 10.6. The lowest BCUT2D eigenvalue weighted by atomic mass is 9.97. The molecular weight excluding hydrogens is 515 g/mol. The van der Waals surface area contributed by atoms with Gasteiger partial charge in [-0.05, 0) is 54.3 Å². The number of hydrogen-bond acceptors (Lipinski definition) is 6. The van der Waals surface area contributed by atoms with Crippen LogP contribution in [0.25, 0.3) is 33.4 Å². The molecule has 0 bridgehead atoms. The fourth-order valence-corrected chi connectivity index (χ4v) is 7.19. The smallest absolute Gasteiger partial charge is 0.243 e. The van der Waals surface area contributed by atoms with Crippen molar-refractivity contribution in [3.05, 3.63) is 72.8 Å². The number of nitrogens with one attached hydrogen (secondary N) is 1. The molecule has 0 aliphatic heterocycles. The quantitative estimate of drug-likeness (QED) is 0.297. The summed E-state index contributed by atoms with van der Waals surface area (Å²) in [5.74, 6) is -0.498. The van der Waals surface area contributed by atoms with Crippen molar-refractivity contribution in [3.63, 3.8) is 0 Å². The SMILES string of the molecule is C=CC(=O)NCc1ccc(-c2c(-c3ccc(N=S(C)(=O)C4CCCC4)cc3)c3c(N)ncnc3n2C)c(F)c1. The molecule has 0 spiro atoms. The Morgan fingerprint density at radius 1 is 1.23 bits per heavy atom. The van der Waals surface area contributed by atoms with Gasteiger partial charge in [-0.3, -0.25) is 4.79 Å². The highest BCUT2D eigenvalue weighted by Gasteiger charge is 2.25. The van der Waals surface area contributed by atoms with Gasteiger partial charge in [0.15, 0.2) is 0 Å². The zero-order valence-corrected chi connectivity index (χ0v) is 22.8. The summed E-state index contributed by atoms with van der Waals surface area (Å²) in [5, 5.41) is 3.40. The van der Waals surface area contributed by atoms with E-state index in [-0.39, 0.29) is 23.5 Å². The molecule has 10 heteroatoms. The number of nitrogens with zero attached hydrogens (tertiary/aromatic N) is 4. The number of aromatic nitrogens is 3. The molecule has 3 N–H and O–H groups in total. The minimum atomic E-state index is -2.35. The van der Waals surface area contributed by atoms with E-state index in [1.807, 2.05) is 31.3 Å². The minimum absolute atomic E-state index is 0.120. The van der Waals surface area contributed by atoms with Gasteiger partial charge in [0.1, 0.15) is 23.6 Å². The van der Waals surface area contributed by atoms with E-state index in [2.05, 4.69) is 26.2 Å². The summed E-state index contributed by atoms with van der Waals surface area (Å²) in [4.78, 5) is 20.1. The fraction of sp³-hybridized carbons (Fsp3) is 0.276. The third-order valence-electron chi connectivity index (χ3n) is 7.30. The first-order chi connectivity index (χ1) is 18.7. The summed E-state index contributed by atoms with van der Waals surface area (Å²) in [7, 11) is -0.543. The molecule has 8 nitrogen and oxygen atoms in total. The summed E-state index contributed by atoms with van der Waals surface area (Å²) < 4.78 is 35.3. The summed E-state index contributed by atoms with van der Waals surface area (Å²) in [5.41, 5.74) is 10.6. The second-order valence-electron chi connectivity index (χ2n) is 9.88. The van der Waals surface area contributed by atoms with Gasteiger partial charge in [-0.2, -0.15) is 4.36 Å². The van der Waals surface area contributed by atoms with Crippen LogP contribution in [0.4, 0.5) is 15.9 Å². The first kappa shape index (κ1) is 26.6. The summed E-state index contributed by atoms with van der Waals surface area (Å²) in [6, 6.07) is 12.3. The molecule has 202 valence electrons. The lowest BCUT2D eigenvalue weighted by molar-refractivity contribution is -0.116. The van der Waals surface area contributed by atoms with Gasteiger partial charge >= 0.3 is 0 Å². The van der Waals surface area contributed by atoms with Gasteiger partial charge in [0.25, 0.3) is 0 Å².